The summed E-state index contributed by atoms with van der Waals surface area (Å²) in [5, 5.41) is 12.2. The van der Waals surface area contributed by atoms with Crippen molar-refractivity contribution in [1.29, 1.82) is 5.26 Å². The van der Waals surface area contributed by atoms with Crippen molar-refractivity contribution < 1.29 is 4.39 Å². The lowest BCUT2D eigenvalue weighted by molar-refractivity contribution is 0.619. The summed E-state index contributed by atoms with van der Waals surface area (Å²) in [6.07, 6.45) is 0. The molecule has 0 aliphatic heterocycles. The molecule has 0 atom stereocenters. The molecular formula is C14H11ClFN3. The summed E-state index contributed by atoms with van der Waals surface area (Å²) in [4.78, 5) is 0. The molecular weight excluding hydrogens is 265 g/mol. The van der Waals surface area contributed by atoms with E-state index in [0.29, 0.717) is 33.2 Å². The Morgan fingerprint density at radius 1 is 1.26 bits per heavy atom. The molecule has 3 N–H and O–H groups in total. The van der Waals surface area contributed by atoms with Crippen LogP contribution in [0.4, 0.5) is 21.5 Å². The van der Waals surface area contributed by atoms with Crippen LogP contribution in [0.2, 0.25) is 5.02 Å². The number of nitrogens with one attached hydrogen (secondary N) is 1. The number of nitrogens with zero attached hydrogens (tertiary/aromatic N) is 1. The molecule has 19 heavy (non-hydrogen) atoms. The smallest absolute Gasteiger partial charge is 0.128 e. The molecule has 0 amide bonds. The molecule has 0 aliphatic carbocycles. The van der Waals surface area contributed by atoms with Gasteiger partial charge in [-0.25, -0.2) is 4.39 Å². The molecule has 2 aromatic rings. The molecule has 0 bridgehead atoms. The van der Waals surface area contributed by atoms with Crippen LogP contribution in [0, 0.1) is 24.1 Å². The van der Waals surface area contributed by atoms with Crippen LogP contribution in [0.5, 0.6) is 0 Å². The molecule has 2 rings (SSSR count). The minimum Gasteiger partial charge on any atom is -0.397 e. The molecule has 96 valence electrons. The molecule has 5 heteroatoms. The summed E-state index contributed by atoms with van der Waals surface area (Å²) >= 11 is 6.05. The van der Waals surface area contributed by atoms with Gasteiger partial charge in [0.1, 0.15) is 5.82 Å². The Morgan fingerprint density at radius 2 is 2.00 bits per heavy atom. The fraction of sp³-hybridized carbons (Fsp3) is 0.0714. The third-order valence-corrected chi connectivity index (χ3v) is 3.01. The van der Waals surface area contributed by atoms with Gasteiger partial charge in [-0.15, -0.1) is 0 Å². The zero-order valence-corrected chi connectivity index (χ0v) is 10.9. The van der Waals surface area contributed by atoms with Crippen molar-refractivity contribution in [3.05, 3.63) is 52.3 Å². The van der Waals surface area contributed by atoms with Crippen LogP contribution in [0.3, 0.4) is 0 Å². The average Bonchev–Trinajstić information content (AvgIpc) is 2.38. The van der Waals surface area contributed by atoms with E-state index in [9.17, 15) is 4.39 Å². The number of halogens is 2. The number of hydrogen-bond acceptors (Lipinski definition) is 3. The van der Waals surface area contributed by atoms with Gasteiger partial charge in [0.25, 0.3) is 0 Å². The van der Waals surface area contributed by atoms with Crippen LogP contribution in [0.1, 0.15) is 11.1 Å². The van der Waals surface area contributed by atoms with Crippen molar-refractivity contribution in [3.8, 4) is 6.07 Å². The van der Waals surface area contributed by atoms with Gasteiger partial charge in [-0.3, -0.25) is 0 Å². The fourth-order valence-electron chi connectivity index (χ4n) is 1.64. The minimum atomic E-state index is -0.353. The quantitative estimate of drug-likeness (QED) is 0.815. The Kier molecular flexibility index (Phi) is 3.59. The molecule has 0 heterocycles. The Labute approximate surface area is 115 Å². The van der Waals surface area contributed by atoms with Gasteiger partial charge in [-0.2, -0.15) is 5.26 Å². The van der Waals surface area contributed by atoms with Crippen LogP contribution < -0.4 is 11.1 Å². The van der Waals surface area contributed by atoms with Gasteiger partial charge in [0.05, 0.1) is 33.7 Å². The van der Waals surface area contributed by atoms with Crippen molar-refractivity contribution in [1.82, 2.24) is 0 Å². The van der Waals surface area contributed by atoms with Crippen molar-refractivity contribution in [2.75, 3.05) is 11.1 Å². The van der Waals surface area contributed by atoms with Crippen LogP contribution in [-0.2, 0) is 0 Å². The Hall–Kier alpha value is -2.25. The average molecular weight is 276 g/mol. The van der Waals surface area contributed by atoms with Crippen LogP contribution in [0.15, 0.2) is 30.3 Å². The highest BCUT2D eigenvalue weighted by Crippen LogP contribution is 2.30. The van der Waals surface area contributed by atoms with Crippen molar-refractivity contribution >= 4 is 28.7 Å². The molecule has 0 aliphatic rings. The standard InChI is InChI=1S/C14H11ClFN3/c1-8-4-14(12(18)6-11(8)16)19-13-3-2-9(7-17)5-10(13)15/h2-6,19H,18H2,1H3. The highest BCUT2D eigenvalue weighted by atomic mass is 35.5. The number of benzene rings is 2. The van der Waals surface area contributed by atoms with Crippen LogP contribution in [0.25, 0.3) is 0 Å². The monoisotopic (exact) mass is 275 g/mol. The molecule has 0 saturated carbocycles. The fourth-order valence-corrected chi connectivity index (χ4v) is 1.86. The maximum Gasteiger partial charge on any atom is 0.128 e. The zero-order valence-electron chi connectivity index (χ0n) is 10.2. The van der Waals surface area contributed by atoms with E-state index in [2.05, 4.69) is 5.32 Å². The predicted molar refractivity (Wildman–Crippen MR) is 75.0 cm³/mol. The second-order valence-electron chi connectivity index (χ2n) is 4.12. The Bertz CT molecular complexity index is 677. The molecule has 0 radical (unpaired) electrons. The number of nitrogens with two attached hydrogens (primary N) is 1. The maximum atomic E-state index is 13.3. The van der Waals surface area contributed by atoms with Crippen LogP contribution in [-0.4, -0.2) is 0 Å². The molecule has 0 unspecified atom stereocenters. The van der Waals surface area contributed by atoms with Crippen molar-refractivity contribution in [2.45, 2.75) is 6.92 Å². The van der Waals surface area contributed by atoms with Crippen molar-refractivity contribution in [2.24, 2.45) is 0 Å². The summed E-state index contributed by atoms with van der Waals surface area (Å²) < 4.78 is 13.3. The second-order valence-corrected chi connectivity index (χ2v) is 4.53. The molecule has 0 saturated heterocycles. The summed E-state index contributed by atoms with van der Waals surface area (Å²) in [5.74, 6) is -0.353. The third kappa shape index (κ3) is 2.78. The van der Waals surface area contributed by atoms with E-state index in [1.807, 2.05) is 6.07 Å². The number of hydrogen-bond donors (Lipinski definition) is 2. The van der Waals surface area contributed by atoms with Gasteiger partial charge in [-0.05, 0) is 42.8 Å². The lowest BCUT2D eigenvalue weighted by atomic mass is 10.1. The second kappa shape index (κ2) is 5.17. The van der Waals surface area contributed by atoms with Gasteiger partial charge in [-0.1, -0.05) is 11.6 Å². The first-order valence-corrected chi connectivity index (χ1v) is 5.91. The van der Waals surface area contributed by atoms with Gasteiger partial charge >= 0.3 is 0 Å². The summed E-state index contributed by atoms with van der Waals surface area (Å²) in [7, 11) is 0. The lowest BCUT2D eigenvalue weighted by Gasteiger charge is -2.12. The van der Waals surface area contributed by atoms with E-state index in [4.69, 9.17) is 22.6 Å². The van der Waals surface area contributed by atoms with Crippen molar-refractivity contribution in [3.63, 3.8) is 0 Å². The number of rotatable bonds is 2. The number of anilines is 3. The molecule has 3 nitrogen and oxygen atoms in total. The molecule has 0 spiro atoms. The van der Waals surface area contributed by atoms with E-state index in [0.717, 1.165) is 0 Å². The summed E-state index contributed by atoms with van der Waals surface area (Å²) in [6.45, 7) is 1.65. The summed E-state index contributed by atoms with van der Waals surface area (Å²) in [5.41, 5.74) is 8.18. The highest BCUT2D eigenvalue weighted by molar-refractivity contribution is 6.33. The van der Waals surface area contributed by atoms with E-state index in [1.54, 1.807) is 31.2 Å². The zero-order chi connectivity index (χ0) is 14.0. The number of aryl methyl sites for hydroxylation is 1. The molecule has 0 fully saturated rings. The molecule has 2 aromatic carbocycles. The third-order valence-electron chi connectivity index (χ3n) is 2.70. The Morgan fingerprint density at radius 3 is 2.63 bits per heavy atom. The first-order chi connectivity index (χ1) is 9.01. The van der Waals surface area contributed by atoms with E-state index >= 15 is 0 Å². The normalized spacial score (nSPS) is 10.0. The largest absolute Gasteiger partial charge is 0.397 e. The minimum absolute atomic E-state index is 0.295. The number of nitrogen functional groups attached to an aromatic ring is 1. The van der Waals surface area contributed by atoms with Gasteiger partial charge in [0.2, 0.25) is 0 Å². The van der Waals surface area contributed by atoms with E-state index in [-0.39, 0.29) is 5.82 Å². The molecule has 0 aromatic heterocycles. The first-order valence-electron chi connectivity index (χ1n) is 5.53. The SMILES string of the molecule is Cc1cc(Nc2ccc(C#N)cc2Cl)c(N)cc1F. The van der Waals surface area contributed by atoms with Crippen LogP contribution >= 0.6 is 11.6 Å². The first kappa shape index (κ1) is 13.2. The highest BCUT2D eigenvalue weighted by Gasteiger charge is 2.07. The van der Waals surface area contributed by atoms with Gasteiger partial charge < -0.3 is 11.1 Å². The van der Waals surface area contributed by atoms with E-state index < -0.39 is 0 Å². The Balaban J connectivity index is 2.37. The van der Waals surface area contributed by atoms with Gasteiger partial charge in [0, 0.05) is 0 Å². The lowest BCUT2D eigenvalue weighted by Crippen LogP contribution is -1.99. The van der Waals surface area contributed by atoms with Gasteiger partial charge in [0.15, 0.2) is 0 Å². The summed E-state index contributed by atoms with van der Waals surface area (Å²) in [6, 6.07) is 9.74. The topological polar surface area (TPSA) is 61.8 Å². The van der Waals surface area contributed by atoms with E-state index in [1.165, 1.54) is 6.07 Å². The number of nitriles is 1. The predicted octanol–water partition coefficient (Wildman–Crippen LogP) is 3.99. The maximum absolute atomic E-state index is 13.3.